The highest BCUT2D eigenvalue weighted by Gasteiger charge is 2.17. The SMILES string of the molecule is Cn1cc(I)c(=O)n(CC(C)(C)O)c1=O. The van der Waals surface area contributed by atoms with E-state index in [4.69, 9.17) is 0 Å². The molecule has 1 rings (SSSR count). The van der Waals surface area contributed by atoms with Gasteiger partial charge in [0.15, 0.2) is 0 Å². The van der Waals surface area contributed by atoms with Crippen LogP contribution in [0.25, 0.3) is 0 Å². The van der Waals surface area contributed by atoms with E-state index < -0.39 is 11.3 Å². The highest BCUT2D eigenvalue weighted by molar-refractivity contribution is 14.1. The first-order chi connectivity index (χ1) is 6.72. The molecule has 6 heteroatoms. The van der Waals surface area contributed by atoms with Gasteiger partial charge in [-0.2, -0.15) is 0 Å². The molecule has 0 fully saturated rings. The van der Waals surface area contributed by atoms with Crippen molar-refractivity contribution in [2.24, 2.45) is 7.05 Å². The smallest absolute Gasteiger partial charge is 0.330 e. The van der Waals surface area contributed by atoms with Crippen molar-refractivity contribution >= 4 is 22.6 Å². The Balaban J connectivity index is 3.41. The molecule has 0 aliphatic carbocycles. The normalized spacial score (nSPS) is 11.8. The van der Waals surface area contributed by atoms with Crippen molar-refractivity contribution in [3.8, 4) is 0 Å². The lowest BCUT2D eigenvalue weighted by Gasteiger charge is -2.18. The molecule has 84 valence electrons. The molecule has 0 spiro atoms. The Morgan fingerprint density at radius 2 is 2.00 bits per heavy atom. The number of hydrogen-bond donors (Lipinski definition) is 1. The molecule has 0 amide bonds. The summed E-state index contributed by atoms with van der Waals surface area (Å²) < 4.78 is 2.83. The number of aromatic nitrogens is 2. The van der Waals surface area contributed by atoms with E-state index in [1.165, 1.54) is 10.8 Å². The maximum Gasteiger partial charge on any atom is 0.330 e. The lowest BCUT2D eigenvalue weighted by Crippen LogP contribution is -2.44. The fourth-order valence-electron chi connectivity index (χ4n) is 1.21. The lowest BCUT2D eigenvalue weighted by atomic mass is 10.1. The molecule has 0 aliphatic heterocycles. The summed E-state index contributed by atoms with van der Waals surface area (Å²) in [6.07, 6.45) is 1.48. The summed E-state index contributed by atoms with van der Waals surface area (Å²) in [4.78, 5) is 23.3. The zero-order valence-corrected chi connectivity index (χ0v) is 11.0. The Morgan fingerprint density at radius 3 is 2.47 bits per heavy atom. The summed E-state index contributed by atoms with van der Waals surface area (Å²) in [7, 11) is 1.57. The van der Waals surface area contributed by atoms with Crippen LogP contribution in [-0.4, -0.2) is 19.8 Å². The summed E-state index contributed by atoms with van der Waals surface area (Å²) in [5.41, 5.74) is -1.86. The van der Waals surface area contributed by atoms with Crippen LogP contribution < -0.4 is 11.2 Å². The fourth-order valence-corrected chi connectivity index (χ4v) is 1.92. The molecular formula is C9H13IN2O3. The van der Waals surface area contributed by atoms with E-state index in [1.54, 1.807) is 20.9 Å². The minimum Gasteiger partial charge on any atom is -0.389 e. The van der Waals surface area contributed by atoms with Gasteiger partial charge < -0.3 is 9.67 Å². The molecule has 5 nitrogen and oxygen atoms in total. The first kappa shape index (κ1) is 12.4. The first-order valence-electron chi connectivity index (χ1n) is 4.41. The van der Waals surface area contributed by atoms with Gasteiger partial charge in [-0.1, -0.05) is 0 Å². The van der Waals surface area contributed by atoms with Gasteiger partial charge >= 0.3 is 5.69 Å². The number of rotatable bonds is 2. The molecule has 15 heavy (non-hydrogen) atoms. The van der Waals surface area contributed by atoms with E-state index in [9.17, 15) is 14.7 Å². The predicted molar refractivity (Wildman–Crippen MR) is 65.0 cm³/mol. The second kappa shape index (κ2) is 4.09. The van der Waals surface area contributed by atoms with E-state index in [0.717, 1.165) is 4.57 Å². The van der Waals surface area contributed by atoms with Gasteiger partial charge in [-0.15, -0.1) is 0 Å². The van der Waals surface area contributed by atoms with Crippen LogP contribution >= 0.6 is 22.6 Å². The molecule has 0 unspecified atom stereocenters. The molecule has 1 N–H and O–H groups in total. The Kier molecular flexibility index (Phi) is 3.39. The first-order valence-corrected chi connectivity index (χ1v) is 5.48. The zero-order valence-electron chi connectivity index (χ0n) is 8.82. The number of hydrogen-bond acceptors (Lipinski definition) is 3. The van der Waals surface area contributed by atoms with Crippen molar-refractivity contribution in [2.75, 3.05) is 0 Å². The molecule has 1 heterocycles. The van der Waals surface area contributed by atoms with Crippen LogP contribution in [0.15, 0.2) is 15.8 Å². The average molecular weight is 324 g/mol. The van der Waals surface area contributed by atoms with Gasteiger partial charge in [0.05, 0.1) is 15.7 Å². The molecular weight excluding hydrogens is 311 g/mol. The summed E-state index contributed by atoms with van der Waals surface area (Å²) >= 11 is 1.87. The standard InChI is InChI=1S/C9H13IN2O3/c1-9(2,15)5-12-7(13)6(10)4-11(3)8(12)14/h4,15H,5H2,1-3H3. The summed E-state index contributed by atoms with van der Waals surface area (Å²) in [6, 6.07) is 0. The molecule has 0 bridgehead atoms. The van der Waals surface area contributed by atoms with Crippen LogP contribution in [0, 0.1) is 3.57 Å². The third-order valence-electron chi connectivity index (χ3n) is 1.83. The zero-order chi connectivity index (χ0) is 11.8. The van der Waals surface area contributed by atoms with Gasteiger partial charge in [0.2, 0.25) is 0 Å². The maximum absolute atomic E-state index is 11.7. The summed E-state index contributed by atoms with van der Waals surface area (Å²) in [5, 5.41) is 9.59. The molecule has 0 aromatic carbocycles. The predicted octanol–water partition coefficient (Wildman–Crippen LogP) is -0.0775. The van der Waals surface area contributed by atoms with Crippen LogP contribution in [0.2, 0.25) is 0 Å². The van der Waals surface area contributed by atoms with E-state index in [0.29, 0.717) is 3.57 Å². The number of aliphatic hydroxyl groups is 1. The number of halogens is 1. The molecule has 1 aromatic rings. The maximum atomic E-state index is 11.7. The fraction of sp³-hybridized carbons (Fsp3) is 0.556. The van der Waals surface area contributed by atoms with Crippen molar-refractivity contribution < 1.29 is 5.11 Å². The molecule has 0 radical (unpaired) electrons. The minimum atomic E-state index is -1.08. The minimum absolute atomic E-state index is 0.00461. The topological polar surface area (TPSA) is 64.2 Å². The third kappa shape index (κ3) is 2.91. The summed E-state index contributed by atoms with van der Waals surface area (Å²) in [5.74, 6) is 0. The van der Waals surface area contributed by atoms with Gasteiger partial charge in [-0.05, 0) is 36.4 Å². The van der Waals surface area contributed by atoms with Crippen molar-refractivity contribution in [2.45, 2.75) is 26.0 Å². The molecule has 0 saturated carbocycles. The third-order valence-corrected chi connectivity index (χ3v) is 2.57. The van der Waals surface area contributed by atoms with E-state index >= 15 is 0 Å². The van der Waals surface area contributed by atoms with Crippen LogP contribution in [0.1, 0.15) is 13.8 Å². The van der Waals surface area contributed by atoms with Crippen molar-refractivity contribution in [3.05, 3.63) is 30.6 Å². The Bertz CT molecular complexity index is 447. The summed E-state index contributed by atoms with van der Waals surface area (Å²) in [6.45, 7) is 3.10. The van der Waals surface area contributed by atoms with E-state index in [-0.39, 0.29) is 12.1 Å². The van der Waals surface area contributed by atoms with Crippen molar-refractivity contribution in [1.82, 2.24) is 9.13 Å². The van der Waals surface area contributed by atoms with Crippen molar-refractivity contribution in [3.63, 3.8) is 0 Å². The van der Waals surface area contributed by atoms with Crippen LogP contribution in [0.5, 0.6) is 0 Å². The van der Waals surface area contributed by atoms with Gasteiger partial charge in [0.25, 0.3) is 5.56 Å². The monoisotopic (exact) mass is 324 g/mol. The quantitative estimate of drug-likeness (QED) is 0.774. The second-order valence-corrected chi connectivity index (χ2v) is 5.24. The Hall–Kier alpha value is -0.630. The number of nitrogens with zero attached hydrogens (tertiary/aromatic N) is 2. The van der Waals surface area contributed by atoms with Gasteiger partial charge in [-0.25, -0.2) is 4.79 Å². The largest absolute Gasteiger partial charge is 0.389 e. The van der Waals surface area contributed by atoms with Crippen LogP contribution in [-0.2, 0) is 13.6 Å². The molecule has 0 aliphatic rings. The molecule has 0 saturated heterocycles. The number of aryl methyl sites for hydroxylation is 1. The highest BCUT2D eigenvalue weighted by atomic mass is 127. The second-order valence-electron chi connectivity index (χ2n) is 4.07. The van der Waals surface area contributed by atoms with Crippen LogP contribution in [0.4, 0.5) is 0 Å². The Morgan fingerprint density at radius 1 is 1.47 bits per heavy atom. The van der Waals surface area contributed by atoms with Gasteiger partial charge in [-0.3, -0.25) is 9.36 Å². The lowest BCUT2D eigenvalue weighted by molar-refractivity contribution is 0.0585. The van der Waals surface area contributed by atoms with Crippen molar-refractivity contribution in [1.29, 1.82) is 0 Å². The average Bonchev–Trinajstić information content (AvgIpc) is 2.08. The van der Waals surface area contributed by atoms with Gasteiger partial charge in [0, 0.05) is 13.2 Å². The highest BCUT2D eigenvalue weighted by Crippen LogP contribution is 2.02. The molecule has 0 atom stereocenters. The van der Waals surface area contributed by atoms with Crippen LogP contribution in [0.3, 0.4) is 0 Å². The molecule has 1 aromatic heterocycles. The van der Waals surface area contributed by atoms with E-state index in [2.05, 4.69) is 0 Å². The van der Waals surface area contributed by atoms with Gasteiger partial charge in [0.1, 0.15) is 0 Å². The Labute approximate surface area is 100 Å². The van der Waals surface area contributed by atoms with E-state index in [1.807, 2.05) is 22.6 Å².